The average molecular weight is 485 g/mol. The Kier molecular flexibility index (Phi) is 8.91. The highest BCUT2D eigenvalue weighted by Gasteiger charge is 2.17. The number of ether oxygens (including phenoxy) is 2. The molecule has 0 saturated carbocycles. The van der Waals surface area contributed by atoms with Crippen molar-refractivity contribution in [1.29, 1.82) is 0 Å². The Morgan fingerprint density at radius 2 is 1.66 bits per heavy atom. The zero-order chi connectivity index (χ0) is 23.9. The van der Waals surface area contributed by atoms with Crippen LogP contribution in [-0.4, -0.2) is 55.1 Å². The minimum atomic E-state index is -3.50. The molecular formula is C22H25ClO8S. The first-order valence-electron chi connectivity index (χ1n) is 9.90. The average Bonchev–Trinajstić information content (AvgIpc) is 2.71. The van der Waals surface area contributed by atoms with Gasteiger partial charge in [-0.15, -0.1) is 0 Å². The van der Waals surface area contributed by atoms with Gasteiger partial charge in [0, 0.05) is 12.0 Å². The largest absolute Gasteiger partial charge is 0.507 e. The maximum absolute atomic E-state index is 12.2. The van der Waals surface area contributed by atoms with Crippen LogP contribution in [-0.2, 0) is 9.84 Å². The van der Waals surface area contributed by atoms with Crippen LogP contribution in [0.1, 0.15) is 46.0 Å². The Labute approximate surface area is 191 Å². The Morgan fingerprint density at radius 3 is 2.25 bits per heavy atom. The number of aromatic carboxylic acids is 1. The van der Waals surface area contributed by atoms with Crippen molar-refractivity contribution >= 4 is 33.2 Å². The Bertz CT molecular complexity index is 1100. The smallest absolute Gasteiger partial charge is 0.337 e. The molecule has 0 unspecified atom stereocenters. The van der Waals surface area contributed by atoms with Crippen LogP contribution in [0.25, 0.3) is 0 Å². The highest BCUT2D eigenvalue weighted by Crippen LogP contribution is 2.31. The number of carboxylic acid groups (broad SMARTS) is 1. The predicted octanol–water partition coefficient (Wildman–Crippen LogP) is 3.91. The molecule has 0 bridgehead atoms. The number of carboxylic acids is 1. The van der Waals surface area contributed by atoms with E-state index in [0.29, 0.717) is 24.2 Å². The maximum Gasteiger partial charge on any atom is 0.337 e. The molecule has 0 fully saturated rings. The van der Waals surface area contributed by atoms with E-state index in [0.717, 1.165) is 0 Å². The lowest BCUT2D eigenvalue weighted by molar-refractivity contribution is 0.0696. The molecule has 8 nitrogen and oxygen atoms in total. The molecule has 0 radical (unpaired) electrons. The molecule has 10 heteroatoms. The Morgan fingerprint density at radius 1 is 1.03 bits per heavy atom. The molecule has 2 rings (SSSR count). The third-order valence-corrected chi connectivity index (χ3v) is 6.53. The predicted molar refractivity (Wildman–Crippen MR) is 120 cm³/mol. The monoisotopic (exact) mass is 484 g/mol. The van der Waals surface area contributed by atoms with Crippen molar-refractivity contribution in [2.24, 2.45) is 0 Å². The van der Waals surface area contributed by atoms with Gasteiger partial charge in [-0.3, -0.25) is 4.79 Å². The number of carbonyl (C=O) groups excluding carboxylic acids is 1. The molecule has 0 aromatic heterocycles. The van der Waals surface area contributed by atoms with Gasteiger partial charge in [0.15, 0.2) is 15.6 Å². The zero-order valence-corrected chi connectivity index (χ0v) is 19.3. The van der Waals surface area contributed by atoms with Crippen LogP contribution < -0.4 is 9.47 Å². The summed E-state index contributed by atoms with van der Waals surface area (Å²) in [4.78, 5) is 23.0. The standard InChI is InChI=1S/C22H25ClO8S/c1-3-4-19(24)17-7-8-20(14(2)21(17)25)31-10-12-32(28,29)11-9-30-15-5-6-16(22(26)27)18(23)13-15/h5-8,13,25H,3-4,9-12H2,1-2H3,(H,26,27). The fourth-order valence-corrected chi connectivity index (χ4v) is 3.98. The summed E-state index contributed by atoms with van der Waals surface area (Å²) in [6.07, 6.45) is 0.987. The molecule has 174 valence electrons. The number of rotatable bonds is 12. The summed E-state index contributed by atoms with van der Waals surface area (Å²) < 4.78 is 35.3. The number of phenols is 1. The van der Waals surface area contributed by atoms with Crippen molar-refractivity contribution in [3.05, 3.63) is 52.0 Å². The summed E-state index contributed by atoms with van der Waals surface area (Å²) in [5, 5.41) is 19.2. The lowest BCUT2D eigenvalue weighted by Gasteiger charge is -2.13. The number of aromatic hydroxyl groups is 1. The quantitative estimate of drug-likeness (QED) is 0.434. The van der Waals surface area contributed by atoms with Gasteiger partial charge >= 0.3 is 5.97 Å². The topological polar surface area (TPSA) is 127 Å². The van der Waals surface area contributed by atoms with E-state index in [-0.39, 0.29) is 58.2 Å². The van der Waals surface area contributed by atoms with Crippen molar-refractivity contribution in [1.82, 2.24) is 0 Å². The lowest BCUT2D eigenvalue weighted by Crippen LogP contribution is -2.21. The van der Waals surface area contributed by atoms with E-state index < -0.39 is 15.8 Å². The molecule has 32 heavy (non-hydrogen) atoms. The van der Waals surface area contributed by atoms with Crippen LogP contribution in [0, 0.1) is 6.92 Å². The molecule has 0 atom stereocenters. The van der Waals surface area contributed by atoms with Crippen LogP contribution in [0.3, 0.4) is 0 Å². The van der Waals surface area contributed by atoms with Gasteiger partial charge in [-0.25, -0.2) is 13.2 Å². The van der Waals surface area contributed by atoms with E-state index in [1.54, 1.807) is 6.92 Å². The first-order valence-corrected chi connectivity index (χ1v) is 12.1. The molecule has 2 N–H and O–H groups in total. The molecule has 0 aliphatic carbocycles. The highest BCUT2D eigenvalue weighted by molar-refractivity contribution is 7.91. The van der Waals surface area contributed by atoms with Crippen molar-refractivity contribution < 1.29 is 37.7 Å². The first kappa shape index (κ1) is 25.5. The van der Waals surface area contributed by atoms with Crippen LogP contribution in [0.5, 0.6) is 17.2 Å². The number of hydrogen-bond donors (Lipinski definition) is 2. The van der Waals surface area contributed by atoms with Gasteiger partial charge < -0.3 is 19.7 Å². The number of Topliss-reactive ketones (excluding diaryl/α,β-unsaturated/α-hetero) is 1. The van der Waals surface area contributed by atoms with E-state index >= 15 is 0 Å². The second-order valence-electron chi connectivity index (χ2n) is 7.05. The van der Waals surface area contributed by atoms with E-state index in [1.807, 2.05) is 6.92 Å². The molecule has 0 aliphatic rings. The van der Waals surface area contributed by atoms with E-state index in [9.17, 15) is 23.1 Å². The second kappa shape index (κ2) is 11.2. The van der Waals surface area contributed by atoms with E-state index in [2.05, 4.69) is 0 Å². The van der Waals surface area contributed by atoms with E-state index in [4.69, 9.17) is 26.2 Å². The number of carbonyl (C=O) groups is 2. The number of ketones is 1. The number of phenolic OH excluding ortho intramolecular Hbond substituents is 1. The van der Waals surface area contributed by atoms with Gasteiger partial charge in [0.1, 0.15) is 30.5 Å². The minimum absolute atomic E-state index is 0.00714. The Balaban J connectivity index is 1.87. The second-order valence-corrected chi connectivity index (χ2v) is 9.76. The van der Waals surface area contributed by atoms with Crippen LogP contribution in [0.4, 0.5) is 0 Å². The summed E-state index contributed by atoms with van der Waals surface area (Å²) in [6.45, 7) is 3.19. The van der Waals surface area contributed by atoms with Crippen molar-refractivity contribution in [2.75, 3.05) is 24.7 Å². The summed E-state index contributed by atoms with van der Waals surface area (Å²) in [7, 11) is -3.50. The molecule has 0 saturated heterocycles. The molecule has 0 heterocycles. The first-order chi connectivity index (χ1) is 15.1. The van der Waals surface area contributed by atoms with Crippen molar-refractivity contribution in [2.45, 2.75) is 26.7 Å². The summed E-state index contributed by atoms with van der Waals surface area (Å²) >= 11 is 5.85. The fraction of sp³-hybridized carbons (Fsp3) is 0.364. The van der Waals surface area contributed by atoms with Gasteiger partial charge in [-0.2, -0.15) is 0 Å². The maximum atomic E-state index is 12.2. The molecular weight excluding hydrogens is 460 g/mol. The molecule has 0 amide bonds. The molecule has 0 aliphatic heterocycles. The van der Waals surface area contributed by atoms with Gasteiger partial charge in [-0.05, 0) is 43.7 Å². The van der Waals surface area contributed by atoms with E-state index in [1.165, 1.54) is 30.3 Å². The van der Waals surface area contributed by atoms with Gasteiger partial charge in [0.25, 0.3) is 0 Å². The fourth-order valence-electron chi connectivity index (χ4n) is 2.85. The summed E-state index contributed by atoms with van der Waals surface area (Å²) in [5.74, 6) is -1.49. The molecule has 0 spiro atoms. The van der Waals surface area contributed by atoms with Gasteiger partial charge in [0.05, 0.1) is 27.7 Å². The summed E-state index contributed by atoms with van der Waals surface area (Å²) in [5.41, 5.74) is 0.514. The number of benzene rings is 2. The van der Waals surface area contributed by atoms with Crippen molar-refractivity contribution in [3.8, 4) is 17.2 Å². The molecule has 2 aromatic carbocycles. The van der Waals surface area contributed by atoms with Crippen LogP contribution in [0.15, 0.2) is 30.3 Å². The third kappa shape index (κ3) is 6.86. The van der Waals surface area contributed by atoms with Crippen LogP contribution >= 0.6 is 11.6 Å². The Hall–Kier alpha value is -2.78. The van der Waals surface area contributed by atoms with Gasteiger partial charge in [-0.1, -0.05) is 18.5 Å². The van der Waals surface area contributed by atoms with Crippen molar-refractivity contribution in [3.63, 3.8) is 0 Å². The summed E-state index contributed by atoms with van der Waals surface area (Å²) in [6, 6.07) is 7.00. The van der Waals surface area contributed by atoms with Crippen LogP contribution in [0.2, 0.25) is 5.02 Å². The third-order valence-electron chi connectivity index (χ3n) is 4.64. The minimum Gasteiger partial charge on any atom is -0.507 e. The molecule has 2 aromatic rings. The number of halogens is 1. The number of sulfone groups is 1. The zero-order valence-electron chi connectivity index (χ0n) is 17.8. The number of hydrogen-bond acceptors (Lipinski definition) is 7. The lowest BCUT2D eigenvalue weighted by atomic mass is 10.0. The highest BCUT2D eigenvalue weighted by atomic mass is 35.5. The SMILES string of the molecule is CCCC(=O)c1ccc(OCCS(=O)(=O)CCOc2ccc(C(=O)O)c(Cl)c2)c(C)c1O. The normalized spacial score (nSPS) is 11.2. The van der Waals surface area contributed by atoms with Gasteiger partial charge in [0.2, 0.25) is 0 Å².